The summed E-state index contributed by atoms with van der Waals surface area (Å²) in [6, 6.07) is 6.89. The molecule has 1 aromatic heterocycles. The molecule has 4 N–H and O–H groups in total. The van der Waals surface area contributed by atoms with Crippen molar-refractivity contribution in [3.63, 3.8) is 0 Å². The Balaban J connectivity index is 1.92. The maximum atomic E-state index is 14.3. The number of aromatic nitrogens is 2. The van der Waals surface area contributed by atoms with E-state index < -0.39 is 29.5 Å². The number of nitrogens with zero attached hydrogens (tertiary/aromatic N) is 1. The highest BCUT2D eigenvalue weighted by Crippen LogP contribution is 2.28. The van der Waals surface area contributed by atoms with Gasteiger partial charge in [-0.05, 0) is 35.9 Å². The molecular formula is C19H14Cl2F2N4O2. The molecule has 150 valence electrons. The average Bonchev–Trinajstić information content (AvgIpc) is 3.12. The second-order valence-electron chi connectivity index (χ2n) is 6.15. The van der Waals surface area contributed by atoms with E-state index in [4.69, 9.17) is 28.9 Å². The zero-order chi connectivity index (χ0) is 21.1. The number of nitrogens with two attached hydrogens (primary N) is 1. The molecule has 0 saturated carbocycles. The summed E-state index contributed by atoms with van der Waals surface area (Å²) in [5.74, 6) is -2.62. The summed E-state index contributed by atoms with van der Waals surface area (Å²) in [7, 11) is 0. The van der Waals surface area contributed by atoms with E-state index in [-0.39, 0.29) is 33.3 Å². The molecule has 3 rings (SSSR count). The summed E-state index contributed by atoms with van der Waals surface area (Å²) in [5.41, 5.74) is 5.91. The van der Waals surface area contributed by atoms with E-state index in [0.29, 0.717) is 5.56 Å². The van der Waals surface area contributed by atoms with Crippen LogP contribution in [0.2, 0.25) is 10.0 Å². The highest BCUT2D eigenvalue weighted by Gasteiger charge is 2.23. The van der Waals surface area contributed by atoms with Crippen molar-refractivity contribution in [3.05, 3.63) is 75.4 Å². The van der Waals surface area contributed by atoms with Crippen molar-refractivity contribution in [2.24, 2.45) is 5.73 Å². The van der Waals surface area contributed by atoms with Gasteiger partial charge in [0.25, 0.3) is 5.91 Å². The number of nitrogens with one attached hydrogen (secondary N) is 2. The lowest BCUT2D eigenvalue weighted by Gasteiger charge is -2.18. The number of halogens is 4. The first-order valence-electron chi connectivity index (χ1n) is 8.29. The molecule has 2 aromatic carbocycles. The van der Waals surface area contributed by atoms with Gasteiger partial charge in [-0.25, -0.2) is 8.78 Å². The van der Waals surface area contributed by atoms with Gasteiger partial charge in [0.05, 0.1) is 34.9 Å². The Labute approximate surface area is 174 Å². The van der Waals surface area contributed by atoms with E-state index in [1.54, 1.807) is 0 Å². The van der Waals surface area contributed by atoms with E-state index in [1.165, 1.54) is 30.5 Å². The number of H-pyrrole nitrogens is 1. The molecule has 0 aliphatic rings. The van der Waals surface area contributed by atoms with Crippen LogP contribution in [0.15, 0.2) is 42.6 Å². The molecule has 29 heavy (non-hydrogen) atoms. The topological polar surface area (TPSA) is 101 Å². The lowest BCUT2D eigenvalue weighted by molar-refractivity contribution is -0.118. The predicted molar refractivity (Wildman–Crippen MR) is 104 cm³/mol. The van der Waals surface area contributed by atoms with Gasteiger partial charge in [-0.3, -0.25) is 14.7 Å². The third-order valence-corrected chi connectivity index (χ3v) is 4.67. The first kappa shape index (κ1) is 20.8. The average molecular weight is 439 g/mol. The van der Waals surface area contributed by atoms with Crippen molar-refractivity contribution in [1.82, 2.24) is 15.5 Å². The molecule has 0 aliphatic carbocycles. The third-order valence-electron chi connectivity index (χ3n) is 4.14. The number of carbonyl (C=O) groups excluding carboxylic acids is 2. The molecule has 0 fully saturated rings. The Hall–Kier alpha value is -2.97. The highest BCUT2D eigenvalue weighted by molar-refractivity contribution is 6.31. The lowest BCUT2D eigenvalue weighted by atomic mass is 10.0. The molecule has 10 heteroatoms. The van der Waals surface area contributed by atoms with E-state index in [0.717, 1.165) is 12.1 Å². The number of benzene rings is 2. The van der Waals surface area contributed by atoms with Crippen molar-refractivity contribution in [3.8, 4) is 11.3 Å². The van der Waals surface area contributed by atoms with Gasteiger partial charge in [-0.15, -0.1) is 0 Å². The molecule has 3 aromatic rings. The number of hydrogen-bond donors (Lipinski definition) is 3. The quantitative estimate of drug-likeness (QED) is 0.541. The maximum Gasteiger partial charge on any atom is 0.255 e. The first-order chi connectivity index (χ1) is 13.8. The summed E-state index contributed by atoms with van der Waals surface area (Å²) in [4.78, 5) is 24.3. The fourth-order valence-corrected chi connectivity index (χ4v) is 3.12. The molecule has 0 bridgehead atoms. The van der Waals surface area contributed by atoms with Crippen molar-refractivity contribution < 1.29 is 18.4 Å². The molecule has 1 atom stereocenters. The largest absolute Gasteiger partial charge is 0.370 e. The van der Waals surface area contributed by atoms with Crippen LogP contribution in [0.3, 0.4) is 0 Å². The van der Waals surface area contributed by atoms with E-state index in [9.17, 15) is 18.4 Å². The normalized spacial score (nSPS) is 11.9. The molecule has 0 unspecified atom stereocenters. The van der Waals surface area contributed by atoms with Gasteiger partial charge >= 0.3 is 0 Å². The van der Waals surface area contributed by atoms with Gasteiger partial charge in [0, 0.05) is 10.6 Å². The minimum Gasteiger partial charge on any atom is -0.370 e. The van der Waals surface area contributed by atoms with Crippen molar-refractivity contribution in [1.29, 1.82) is 0 Å². The molecular weight excluding hydrogens is 425 g/mol. The number of primary amides is 1. The fourth-order valence-electron chi connectivity index (χ4n) is 2.77. The molecule has 0 saturated heterocycles. The minimum atomic E-state index is -0.879. The summed E-state index contributed by atoms with van der Waals surface area (Å²) < 4.78 is 27.7. The van der Waals surface area contributed by atoms with Crippen molar-refractivity contribution >= 4 is 35.0 Å². The van der Waals surface area contributed by atoms with Crippen LogP contribution in [-0.4, -0.2) is 22.0 Å². The molecule has 0 spiro atoms. The van der Waals surface area contributed by atoms with Crippen LogP contribution in [0.25, 0.3) is 11.3 Å². The van der Waals surface area contributed by atoms with Crippen LogP contribution >= 0.6 is 23.2 Å². The Morgan fingerprint density at radius 3 is 2.55 bits per heavy atom. The second-order valence-corrected chi connectivity index (χ2v) is 7.00. The number of amides is 2. The van der Waals surface area contributed by atoms with Gasteiger partial charge < -0.3 is 11.1 Å². The summed E-state index contributed by atoms with van der Waals surface area (Å²) in [6.07, 6.45) is 0.966. The number of rotatable bonds is 6. The summed E-state index contributed by atoms with van der Waals surface area (Å²) >= 11 is 11.6. The standard InChI is InChI=1S/C19H14Cl2F2N4O2/c20-10-2-3-11(15(23)6-10)18-12(8-25-27-18)19(29)26-16(7-17(24)28)9-1-4-14(22)13(21)5-9/h1-6,8,16H,7H2,(H2,24,28)(H,25,27)(H,26,29)/t16-/m1/s1. The Kier molecular flexibility index (Phi) is 6.14. The van der Waals surface area contributed by atoms with Crippen LogP contribution in [0.1, 0.15) is 28.4 Å². The number of carbonyl (C=O) groups is 2. The third kappa shape index (κ3) is 4.72. The van der Waals surface area contributed by atoms with E-state index in [1.807, 2.05) is 0 Å². The van der Waals surface area contributed by atoms with Crippen LogP contribution in [0.5, 0.6) is 0 Å². The van der Waals surface area contributed by atoms with Gasteiger partial charge in [0.1, 0.15) is 11.6 Å². The van der Waals surface area contributed by atoms with Crippen LogP contribution < -0.4 is 11.1 Å². The smallest absolute Gasteiger partial charge is 0.255 e. The van der Waals surface area contributed by atoms with Gasteiger partial charge in [0.2, 0.25) is 5.91 Å². The molecule has 0 aliphatic heterocycles. The van der Waals surface area contributed by atoms with E-state index in [2.05, 4.69) is 15.5 Å². The van der Waals surface area contributed by atoms with Crippen LogP contribution in [-0.2, 0) is 4.79 Å². The summed E-state index contributed by atoms with van der Waals surface area (Å²) in [5, 5.41) is 9.04. The number of hydrogen-bond acceptors (Lipinski definition) is 3. The molecule has 1 heterocycles. The minimum absolute atomic E-state index is 0.0360. The summed E-state index contributed by atoms with van der Waals surface area (Å²) in [6.45, 7) is 0. The van der Waals surface area contributed by atoms with Crippen LogP contribution in [0, 0.1) is 11.6 Å². The Bertz CT molecular complexity index is 1090. The predicted octanol–water partition coefficient (Wildman–Crippen LogP) is 4.01. The van der Waals surface area contributed by atoms with Crippen molar-refractivity contribution in [2.75, 3.05) is 0 Å². The second kappa shape index (κ2) is 8.59. The van der Waals surface area contributed by atoms with Crippen molar-refractivity contribution in [2.45, 2.75) is 12.5 Å². The van der Waals surface area contributed by atoms with Gasteiger partial charge in [-0.2, -0.15) is 5.10 Å². The Morgan fingerprint density at radius 1 is 1.14 bits per heavy atom. The lowest BCUT2D eigenvalue weighted by Crippen LogP contribution is -2.32. The van der Waals surface area contributed by atoms with Gasteiger partial charge in [0.15, 0.2) is 0 Å². The highest BCUT2D eigenvalue weighted by atomic mass is 35.5. The SMILES string of the molecule is NC(=O)C[C@@H](NC(=O)c1cn[nH]c1-c1ccc(Cl)cc1F)c1ccc(F)c(Cl)c1. The van der Waals surface area contributed by atoms with Crippen LogP contribution in [0.4, 0.5) is 8.78 Å². The zero-order valence-corrected chi connectivity index (χ0v) is 16.2. The zero-order valence-electron chi connectivity index (χ0n) is 14.7. The molecule has 0 radical (unpaired) electrons. The van der Waals surface area contributed by atoms with Gasteiger partial charge in [-0.1, -0.05) is 29.3 Å². The number of aromatic amines is 1. The fraction of sp³-hybridized carbons (Fsp3) is 0.105. The Morgan fingerprint density at radius 2 is 1.90 bits per heavy atom. The monoisotopic (exact) mass is 438 g/mol. The van der Waals surface area contributed by atoms with E-state index >= 15 is 0 Å². The first-order valence-corrected chi connectivity index (χ1v) is 9.04. The molecule has 6 nitrogen and oxygen atoms in total. The molecule has 2 amide bonds. The maximum absolute atomic E-state index is 14.3.